The fourth-order valence-corrected chi connectivity index (χ4v) is 8.18. The molecule has 0 spiro atoms. The molecule has 0 unspecified atom stereocenters. The van der Waals surface area contributed by atoms with E-state index in [0.717, 1.165) is 32.0 Å². The Hall–Kier alpha value is -3.84. The molecule has 2 heterocycles. The Morgan fingerprint density at radius 3 is 2.52 bits per heavy atom. The van der Waals surface area contributed by atoms with Crippen molar-refractivity contribution in [2.45, 2.75) is 43.7 Å². The van der Waals surface area contributed by atoms with Gasteiger partial charge in [0.1, 0.15) is 16.5 Å². The van der Waals surface area contributed by atoms with Crippen LogP contribution in [0.5, 0.6) is 0 Å². The van der Waals surface area contributed by atoms with E-state index in [0.29, 0.717) is 24.9 Å². The molecule has 1 fully saturated rings. The monoisotopic (exact) mass is 631 g/mol. The van der Waals surface area contributed by atoms with Gasteiger partial charge in [0.2, 0.25) is 10.0 Å². The number of aromatic nitrogens is 4. The zero-order chi connectivity index (χ0) is 31.4. The van der Waals surface area contributed by atoms with Gasteiger partial charge in [0.25, 0.3) is 0 Å². The molecule has 2 aromatic heterocycles. The van der Waals surface area contributed by atoms with Crippen LogP contribution >= 0.6 is 0 Å². The average Bonchev–Trinajstić information content (AvgIpc) is 3.65. The van der Waals surface area contributed by atoms with Crippen molar-refractivity contribution in [3.63, 3.8) is 0 Å². The van der Waals surface area contributed by atoms with E-state index >= 15 is 0 Å². The van der Waals surface area contributed by atoms with Crippen LogP contribution in [0.15, 0.2) is 71.4 Å². The van der Waals surface area contributed by atoms with Crippen molar-refractivity contribution >= 4 is 16.1 Å². The molecule has 4 aromatic rings. The maximum absolute atomic E-state index is 14.5. The Balaban J connectivity index is 1.33. The van der Waals surface area contributed by atoms with Gasteiger partial charge >= 0.3 is 6.18 Å². The number of allylic oxidation sites excluding steroid dienone is 1. The SMILES string of the molecule is Cn1cc(S(=O)(=O)N(CCc2ccccc2F)C[C@H]2CCC3=Cc4c(cnn4-c4ccc(F)cc4)C[C@@]32C)c(C(F)(F)F)n1. The number of aryl methyl sites for hydroxylation is 1. The third kappa shape index (κ3) is 5.36. The number of rotatable bonds is 8. The summed E-state index contributed by atoms with van der Waals surface area (Å²) in [6.45, 7) is 1.77. The highest BCUT2D eigenvalue weighted by Gasteiger charge is 2.48. The van der Waals surface area contributed by atoms with Crippen LogP contribution in [0.2, 0.25) is 0 Å². The van der Waals surface area contributed by atoms with Crippen LogP contribution in [-0.2, 0) is 36.1 Å². The average molecular weight is 632 g/mol. The van der Waals surface area contributed by atoms with Gasteiger partial charge in [0.15, 0.2) is 5.69 Å². The number of halogens is 5. The molecular weight excluding hydrogens is 601 g/mol. The number of fused-ring (bicyclic) bond motifs is 2. The number of alkyl halides is 3. The molecule has 0 aliphatic heterocycles. The van der Waals surface area contributed by atoms with Gasteiger partial charge < -0.3 is 0 Å². The van der Waals surface area contributed by atoms with E-state index in [1.54, 1.807) is 29.1 Å². The third-order valence-corrected chi connectivity index (χ3v) is 10.8. The lowest BCUT2D eigenvalue weighted by molar-refractivity contribution is -0.143. The number of hydrogen-bond acceptors (Lipinski definition) is 4. The molecule has 0 N–H and O–H groups in total. The Morgan fingerprint density at radius 1 is 1.09 bits per heavy atom. The number of sulfonamides is 1. The zero-order valence-corrected chi connectivity index (χ0v) is 24.8. The summed E-state index contributed by atoms with van der Waals surface area (Å²) in [5.41, 5.74) is 1.87. The predicted molar refractivity (Wildman–Crippen MR) is 153 cm³/mol. The first-order valence-corrected chi connectivity index (χ1v) is 15.6. The van der Waals surface area contributed by atoms with Crippen LogP contribution in [-0.4, -0.2) is 45.4 Å². The highest BCUT2D eigenvalue weighted by molar-refractivity contribution is 7.89. The second-order valence-corrected chi connectivity index (χ2v) is 13.6. The van der Waals surface area contributed by atoms with E-state index < -0.39 is 38.0 Å². The van der Waals surface area contributed by atoms with Crippen molar-refractivity contribution in [2.75, 3.05) is 13.1 Å². The van der Waals surface area contributed by atoms with Gasteiger partial charge in [0, 0.05) is 26.3 Å². The Bertz CT molecular complexity index is 1850. The topological polar surface area (TPSA) is 73.0 Å². The smallest absolute Gasteiger partial charge is 0.274 e. The van der Waals surface area contributed by atoms with Gasteiger partial charge in [-0.25, -0.2) is 21.9 Å². The van der Waals surface area contributed by atoms with E-state index in [9.17, 15) is 30.4 Å². The minimum Gasteiger partial charge on any atom is -0.274 e. The predicted octanol–water partition coefficient (Wildman–Crippen LogP) is 6.19. The highest BCUT2D eigenvalue weighted by Crippen LogP contribution is 2.53. The van der Waals surface area contributed by atoms with Crippen LogP contribution in [0.3, 0.4) is 0 Å². The van der Waals surface area contributed by atoms with Gasteiger partial charge in [-0.2, -0.15) is 27.7 Å². The lowest BCUT2D eigenvalue weighted by atomic mass is 9.70. The molecule has 6 rings (SSSR count). The molecule has 2 aromatic carbocycles. The standard InChI is InChI=1S/C31H30F5N5O2S/c1-30-16-21-17-37-41(25-11-9-24(32)10-12-25)27(21)15-22(30)7-8-23(30)18-40(14-13-20-5-3-4-6-26(20)33)44(42,43)28-19-39(2)38-29(28)31(34,35)36/h3-6,9-12,15,17,19,23H,7-8,13-14,16,18H2,1-2H3/t23-,30+/m1/s1. The number of hydrogen-bond donors (Lipinski definition) is 0. The molecule has 2 atom stereocenters. The maximum atomic E-state index is 14.5. The fourth-order valence-electron chi connectivity index (χ4n) is 6.51. The van der Waals surface area contributed by atoms with Crippen LogP contribution < -0.4 is 0 Å². The molecular formula is C31H30F5N5O2S. The lowest BCUT2D eigenvalue weighted by Crippen LogP contribution is -2.42. The van der Waals surface area contributed by atoms with Crippen molar-refractivity contribution in [1.82, 2.24) is 23.9 Å². The largest absolute Gasteiger partial charge is 0.436 e. The first-order chi connectivity index (χ1) is 20.8. The summed E-state index contributed by atoms with van der Waals surface area (Å²) >= 11 is 0. The fraction of sp³-hybridized carbons (Fsp3) is 0.355. The molecule has 2 aliphatic carbocycles. The molecule has 13 heteroatoms. The molecule has 232 valence electrons. The summed E-state index contributed by atoms with van der Waals surface area (Å²) in [5, 5.41) is 7.94. The maximum Gasteiger partial charge on any atom is 0.436 e. The second kappa shape index (κ2) is 11.0. The van der Waals surface area contributed by atoms with Crippen LogP contribution in [0.25, 0.3) is 11.8 Å². The highest BCUT2D eigenvalue weighted by atomic mass is 32.2. The van der Waals surface area contributed by atoms with Crippen molar-refractivity contribution in [1.29, 1.82) is 0 Å². The number of nitrogens with zero attached hydrogens (tertiary/aromatic N) is 5. The van der Waals surface area contributed by atoms with Gasteiger partial charge in [-0.1, -0.05) is 30.7 Å². The van der Waals surface area contributed by atoms with Crippen molar-refractivity contribution < 1.29 is 30.4 Å². The molecule has 0 amide bonds. The summed E-state index contributed by atoms with van der Waals surface area (Å²) < 4.78 is 101. The lowest BCUT2D eigenvalue weighted by Gasteiger charge is -2.38. The van der Waals surface area contributed by atoms with Crippen molar-refractivity contribution in [3.05, 3.63) is 101 Å². The molecule has 2 aliphatic rings. The quantitative estimate of drug-likeness (QED) is 0.218. The van der Waals surface area contributed by atoms with Gasteiger partial charge in [-0.3, -0.25) is 4.68 Å². The van der Waals surface area contributed by atoms with E-state index in [4.69, 9.17) is 0 Å². The van der Waals surface area contributed by atoms with E-state index in [-0.39, 0.29) is 36.8 Å². The van der Waals surface area contributed by atoms with Crippen molar-refractivity contribution in [3.8, 4) is 5.69 Å². The van der Waals surface area contributed by atoms with Crippen LogP contribution in [0.1, 0.15) is 42.3 Å². The minimum absolute atomic E-state index is 0.0196. The second-order valence-electron chi connectivity index (χ2n) is 11.7. The summed E-state index contributed by atoms with van der Waals surface area (Å²) in [6, 6.07) is 11.9. The zero-order valence-electron chi connectivity index (χ0n) is 24.0. The van der Waals surface area contributed by atoms with E-state index in [1.807, 2.05) is 13.0 Å². The van der Waals surface area contributed by atoms with Crippen molar-refractivity contribution in [2.24, 2.45) is 18.4 Å². The van der Waals surface area contributed by atoms with Gasteiger partial charge in [-0.15, -0.1) is 0 Å². The Kier molecular flexibility index (Phi) is 7.52. The summed E-state index contributed by atoms with van der Waals surface area (Å²) in [5.74, 6) is -1.11. The van der Waals surface area contributed by atoms with E-state index in [2.05, 4.69) is 10.2 Å². The first kappa shape index (κ1) is 30.2. The van der Waals surface area contributed by atoms with Gasteiger partial charge in [-0.05, 0) is 84.6 Å². The Labute approximate surface area is 251 Å². The van der Waals surface area contributed by atoms with Gasteiger partial charge in [0.05, 0.1) is 17.6 Å². The molecule has 0 saturated heterocycles. The normalized spacial score (nSPS) is 20.1. The number of benzene rings is 2. The Morgan fingerprint density at radius 2 is 1.82 bits per heavy atom. The first-order valence-electron chi connectivity index (χ1n) is 14.2. The summed E-state index contributed by atoms with van der Waals surface area (Å²) in [6.07, 6.45) is 1.46. The van der Waals surface area contributed by atoms with Crippen LogP contribution in [0.4, 0.5) is 22.0 Å². The molecule has 1 saturated carbocycles. The molecule has 0 radical (unpaired) electrons. The minimum atomic E-state index is -4.99. The van der Waals surface area contributed by atoms with Crippen LogP contribution in [0, 0.1) is 23.0 Å². The summed E-state index contributed by atoms with van der Waals surface area (Å²) in [7, 11) is -3.45. The molecule has 7 nitrogen and oxygen atoms in total. The third-order valence-electron chi connectivity index (χ3n) is 8.92. The molecule has 0 bridgehead atoms. The van der Waals surface area contributed by atoms with E-state index in [1.165, 1.54) is 37.4 Å². The molecule has 44 heavy (non-hydrogen) atoms. The summed E-state index contributed by atoms with van der Waals surface area (Å²) in [4.78, 5) is -0.925.